The van der Waals surface area contributed by atoms with Crippen molar-refractivity contribution >= 4 is 0 Å². The van der Waals surface area contributed by atoms with Gasteiger partial charge in [0.1, 0.15) is 0 Å². The van der Waals surface area contributed by atoms with Gasteiger partial charge in [-0.15, -0.1) is 0 Å². The minimum absolute atomic E-state index is 0.284. The van der Waals surface area contributed by atoms with Crippen molar-refractivity contribution in [2.75, 3.05) is 13.1 Å². The summed E-state index contributed by atoms with van der Waals surface area (Å²) >= 11 is 0. The second-order valence-corrected chi connectivity index (χ2v) is 4.33. The lowest BCUT2D eigenvalue weighted by molar-refractivity contribution is 0.293. The molecule has 0 heterocycles. The first-order valence-electron chi connectivity index (χ1n) is 5.78. The van der Waals surface area contributed by atoms with Gasteiger partial charge < -0.3 is 11.1 Å². The van der Waals surface area contributed by atoms with Crippen LogP contribution in [0.15, 0.2) is 0 Å². The quantitative estimate of drug-likeness (QED) is 0.656. The molecule has 0 spiro atoms. The van der Waals surface area contributed by atoms with Crippen LogP contribution in [0.1, 0.15) is 51.9 Å². The van der Waals surface area contributed by atoms with E-state index in [2.05, 4.69) is 12.2 Å². The van der Waals surface area contributed by atoms with Crippen molar-refractivity contribution in [1.29, 1.82) is 0 Å². The first kappa shape index (κ1) is 11.0. The van der Waals surface area contributed by atoms with Crippen molar-refractivity contribution in [2.24, 2.45) is 5.73 Å². The van der Waals surface area contributed by atoms with Gasteiger partial charge in [-0.3, -0.25) is 0 Å². The van der Waals surface area contributed by atoms with Gasteiger partial charge in [0.15, 0.2) is 0 Å². The van der Waals surface area contributed by atoms with Crippen LogP contribution in [0.2, 0.25) is 0 Å². The lowest BCUT2D eigenvalue weighted by atomic mass is 9.90. The molecule has 0 bridgehead atoms. The molecular formula is C11H24N2. The highest BCUT2D eigenvalue weighted by Crippen LogP contribution is 2.26. The summed E-state index contributed by atoms with van der Waals surface area (Å²) < 4.78 is 0. The minimum Gasteiger partial charge on any atom is -0.329 e. The summed E-state index contributed by atoms with van der Waals surface area (Å²) in [6.07, 6.45) is 9.28. The van der Waals surface area contributed by atoms with Crippen molar-refractivity contribution < 1.29 is 0 Å². The van der Waals surface area contributed by atoms with E-state index < -0.39 is 0 Å². The summed E-state index contributed by atoms with van der Waals surface area (Å²) in [6, 6.07) is 0. The van der Waals surface area contributed by atoms with Gasteiger partial charge in [0.25, 0.3) is 0 Å². The Morgan fingerprint density at radius 2 is 1.77 bits per heavy atom. The third-order valence-corrected chi connectivity index (χ3v) is 3.20. The normalized spacial score (nSPS) is 22.6. The maximum Gasteiger partial charge on any atom is 0.0304 e. The van der Waals surface area contributed by atoms with Crippen LogP contribution in [0.3, 0.4) is 0 Å². The van der Waals surface area contributed by atoms with E-state index in [1.165, 1.54) is 44.9 Å². The number of nitrogens with one attached hydrogen (secondary N) is 1. The molecular weight excluding hydrogens is 160 g/mol. The number of nitrogens with two attached hydrogens (primary N) is 1. The predicted octanol–water partition coefficient (Wildman–Crippen LogP) is 2.04. The van der Waals surface area contributed by atoms with E-state index >= 15 is 0 Å². The van der Waals surface area contributed by atoms with Gasteiger partial charge in [-0.2, -0.15) is 0 Å². The van der Waals surface area contributed by atoms with Gasteiger partial charge in [0.05, 0.1) is 0 Å². The molecule has 0 aromatic carbocycles. The van der Waals surface area contributed by atoms with Crippen LogP contribution >= 0.6 is 0 Å². The van der Waals surface area contributed by atoms with Crippen LogP contribution in [-0.4, -0.2) is 18.6 Å². The molecule has 0 unspecified atom stereocenters. The average Bonchev–Trinajstić information content (AvgIpc) is 2.41. The third-order valence-electron chi connectivity index (χ3n) is 3.20. The topological polar surface area (TPSA) is 38.0 Å². The Balaban J connectivity index is 2.43. The van der Waals surface area contributed by atoms with Gasteiger partial charge in [-0.1, -0.05) is 32.6 Å². The summed E-state index contributed by atoms with van der Waals surface area (Å²) in [7, 11) is 0. The Morgan fingerprint density at radius 3 is 2.23 bits per heavy atom. The molecule has 1 fully saturated rings. The fourth-order valence-corrected chi connectivity index (χ4v) is 2.25. The minimum atomic E-state index is 0.284. The number of hydrogen-bond acceptors (Lipinski definition) is 2. The molecule has 1 saturated carbocycles. The molecule has 0 aliphatic heterocycles. The average molecular weight is 184 g/mol. The first-order chi connectivity index (χ1) is 6.33. The van der Waals surface area contributed by atoms with Gasteiger partial charge in [-0.25, -0.2) is 0 Å². The summed E-state index contributed by atoms with van der Waals surface area (Å²) in [5.41, 5.74) is 6.17. The van der Waals surface area contributed by atoms with E-state index in [4.69, 9.17) is 5.73 Å². The molecule has 78 valence electrons. The molecule has 0 amide bonds. The highest BCUT2D eigenvalue weighted by molar-refractivity contribution is 4.90. The molecule has 2 nitrogen and oxygen atoms in total. The first-order valence-corrected chi connectivity index (χ1v) is 5.78. The van der Waals surface area contributed by atoms with Crippen LogP contribution in [0.25, 0.3) is 0 Å². The van der Waals surface area contributed by atoms with E-state index in [9.17, 15) is 0 Å². The van der Waals surface area contributed by atoms with Gasteiger partial charge >= 0.3 is 0 Å². The summed E-state index contributed by atoms with van der Waals surface area (Å²) in [4.78, 5) is 0. The fraction of sp³-hybridized carbons (Fsp3) is 1.00. The summed E-state index contributed by atoms with van der Waals surface area (Å²) in [5, 5.41) is 3.65. The standard InChI is InChI=1S/C11H24N2/c1-2-9-13-11(10-12)7-5-3-4-6-8-11/h13H,2-10,12H2,1H3. The zero-order chi connectivity index (χ0) is 9.57. The Labute approximate surface area is 82.3 Å². The molecule has 13 heavy (non-hydrogen) atoms. The smallest absolute Gasteiger partial charge is 0.0304 e. The Kier molecular flexibility index (Phi) is 4.74. The molecule has 0 radical (unpaired) electrons. The van der Waals surface area contributed by atoms with Crippen LogP contribution in [-0.2, 0) is 0 Å². The van der Waals surface area contributed by atoms with E-state index in [1.54, 1.807) is 0 Å². The molecule has 0 atom stereocenters. The molecule has 0 aromatic rings. The third kappa shape index (κ3) is 3.28. The maximum atomic E-state index is 5.89. The Hall–Kier alpha value is -0.0800. The summed E-state index contributed by atoms with van der Waals surface area (Å²) in [6.45, 7) is 4.15. The van der Waals surface area contributed by atoms with Crippen LogP contribution in [0, 0.1) is 0 Å². The van der Waals surface area contributed by atoms with Gasteiger partial charge in [-0.05, 0) is 25.8 Å². The number of rotatable bonds is 4. The second kappa shape index (κ2) is 5.61. The molecule has 1 aliphatic rings. The largest absolute Gasteiger partial charge is 0.329 e. The maximum absolute atomic E-state index is 5.89. The van der Waals surface area contributed by atoms with Gasteiger partial charge in [0, 0.05) is 12.1 Å². The molecule has 0 saturated heterocycles. The van der Waals surface area contributed by atoms with Crippen molar-refractivity contribution in [2.45, 2.75) is 57.4 Å². The van der Waals surface area contributed by atoms with Crippen LogP contribution < -0.4 is 11.1 Å². The fourth-order valence-electron chi connectivity index (χ4n) is 2.25. The molecule has 2 heteroatoms. The highest BCUT2D eigenvalue weighted by Gasteiger charge is 2.27. The van der Waals surface area contributed by atoms with Crippen molar-refractivity contribution in [3.05, 3.63) is 0 Å². The van der Waals surface area contributed by atoms with Crippen molar-refractivity contribution in [3.63, 3.8) is 0 Å². The lowest BCUT2D eigenvalue weighted by Crippen LogP contribution is -2.51. The van der Waals surface area contributed by atoms with Crippen molar-refractivity contribution in [3.8, 4) is 0 Å². The lowest BCUT2D eigenvalue weighted by Gasteiger charge is -2.32. The monoisotopic (exact) mass is 184 g/mol. The molecule has 1 aliphatic carbocycles. The Bertz CT molecular complexity index is 126. The van der Waals surface area contributed by atoms with E-state index in [-0.39, 0.29) is 5.54 Å². The zero-order valence-corrected chi connectivity index (χ0v) is 8.94. The summed E-state index contributed by atoms with van der Waals surface area (Å²) in [5.74, 6) is 0. The van der Waals surface area contributed by atoms with Crippen LogP contribution in [0.5, 0.6) is 0 Å². The number of hydrogen-bond donors (Lipinski definition) is 2. The van der Waals surface area contributed by atoms with Gasteiger partial charge in [0.2, 0.25) is 0 Å². The SMILES string of the molecule is CCCNC1(CN)CCCCCC1. The second-order valence-electron chi connectivity index (χ2n) is 4.33. The molecule has 1 rings (SSSR count). The van der Waals surface area contributed by atoms with E-state index in [0.717, 1.165) is 13.1 Å². The molecule has 3 N–H and O–H groups in total. The zero-order valence-electron chi connectivity index (χ0n) is 8.94. The van der Waals surface area contributed by atoms with E-state index in [1.807, 2.05) is 0 Å². The molecule has 0 aromatic heterocycles. The Morgan fingerprint density at radius 1 is 1.15 bits per heavy atom. The predicted molar refractivity (Wildman–Crippen MR) is 57.8 cm³/mol. The van der Waals surface area contributed by atoms with E-state index in [0.29, 0.717) is 0 Å². The highest BCUT2D eigenvalue weighted by atomic mass is 15.0. The van der Waals surface area contributed by atoms with Crippen molar-refractivity contribution in [1.82, 2.24) is 5.32 Å². The van der Waals surface area contributed by atoms with Crippen LogP contribution in [0.4, 0.5) is 0 Å².